The first-order valence-corrected chi connectivity index (χ1v) is 7.91. The highest BCUT2D eigenvalue weighted by Crippen LogP contribution is 2.41. The molecule has 2 aliphatic rings. The molecule has 2 atom stereocenters. The second-order valence-electron chi connectivity index (χ2n) is 6.20. The third kappa shape index (κ3) is 2.83. The second kappa shape index (κ2) is 6.16. The summed E-state index contributed by atoms with van der Waals surface area (Å²) in [7, 11) is 0. The fraction of sp³-hybridized carbons (Fsp3) is 0.588. The zero-order valence-electron chi connectivity index (χ0n) is 12.3. The van der Waals surface area contributed by atoms with Crippen LogP contribution in [0, 0.1) is 11.8 Å². The lowest BCUT2D eigenvalue weighted by Gasteiger charge is -2.36. The first-order chi connectivity index (χ1) is 10.2. The van der Waals surface area contributed by atoms with Crippen molar-refractivity contribution in [1.29, 1.82) is 0 Å². The highest BCUT2D eigenvalue weighted by Gasteiger charge is 2.52. The summed E-state index contributed by atoms with van der Waals surface area (Å²) >= 11 is 0. The lowest BCUT2D eigenvalue weighted by atomic mass is 9.75. The molecule has 0 radical (unpaired) electrons. The van der Waals surface area contributed by atoms with Gasteiger partial charge in [0.25, 0.3) is 0 Å². The highest BCUT2D eigenvalue weighted by atomic mass is 16.6. The van der Waals surface area contributed by atoms with Crippen molar-refractivity contribution in [3.8, 4) is 5.75 Å². The molecule has 2 N–H and O–H groups in total. The van der Waals surface area contributed by atoms with E-state index in [1.807, 2.05) is 18.2 Å². The molecular formula is C17H23NO3. The van der Waals surface area contributed by atoms with Crippen molar-refractivity contribution < 1.29 is 14.6 Å². The molecule has 4 nitrogen and oxygen atoms in total. The van der Waals surface area contributed by atoms with Crippen LogP contribution in [0.1, 0.15) is 32.1 Å². The van der Waals surface area contributed by atoms with E-state index in [0.717, 1.165) is 38.6 Å². The van der Waals surface area contributed by atoms with Crippen LogP contribution in [-0.2, 0) is 4.79 Å². The van der Waals surface area contributed by atoms with E-state index < -0.39 is 11.6 Å². The van der Waals surface area contributed by atoms with Gasteiger partial charge in [-0.15, -0.1) is 0 Å². The molecule has 1 heterocycles. The van der Waals surface area contributed by atoms with Gasteiger partial charge in [-0.05, 0) is 43.9 Å². The number of esters is 1. The lowest BCUT2D eigenvalue weighted by Crippen LogP contribution is -2.54. The smallest absolute Gasteiger partial charge is 0.344 e. The van der Waals surface area contributed by atoms with Gasteiger partial charge in [-0.3, -0.25) is 0 Å². The van der Waals surface area contributed by atoms with E-state index in [1.165, 1.54) is 0 Å². The number of nitrogens with one attached hydrogen (secondary N) is 1. The van der Waals surface area contributed by atoms with Crippen LogP contribution in [0.3, 0.4) is 0 Å². The minimum Gasteiger partial charge on any atom is -0.424 e. The Labute approximate surface area is 125 Å². The molecule has 1 saturated heterocycles. The Morgan fingerprint density at radius 3 is 2.48 bits per heavy atom. The van der Waals surface area contributed by atoms with Crippen molar-refractivity contribution in [3.63, 3.8) is 0 Å². The fourth-order valence-electron chi connectivity index (χ4n) is 3.74. The minimum absolute atomic E-state index is 0.0265. The number of para-hydroxylation sites is 1. The molecule has 21 heavy (non-hydrogen) atoms. The van der Waals surface area contributed by atoms with E-state index in [1.54, 1.807) is 12.1 Å². The van der Waals surface area contributed by atoms with Crippen LogP contribution in [-0.4, -0.2) is 29.8 Å². The fourth-order valence-corrected chi connectivity index (χ4v) is 3.74. The van der Waals surface area contributed by atoms with Crippen molar-refractivity contribution in [2.24, 2.45) is 11.8 Å². The zero-order valence-corrected chi connectivity index (χ0v) is 12.3. The average molecular weight is 289 g/mol. The van der Waals surface area contributed by atoms with E-state index in [0.29, 0.717) is 12.3 Å². The number of benzene rings is 1. The van der Waals surface area contributed by atoms with Crippen LogP contribution in [0.2, 0.25) is 0 Å². The van der Waals surface area contributed by atoms with Crippen molar-refractivity contribution in [3.05, 3.63) is 30.3 Å². The number of aliphatic hydroxyl groups is 1. The van der Waals surface area contributed by atoms with Gasteiger partial charge in [0.1, 0.15) is 5.75 Å². The van der Waals surface area contributed by atoms with E-state index in [9.17, 15) is 9.90 Å². The summed E-state index contributed by atoms with van der Waals surface area (Å²) in [6, 6.07) is 9.03. The van der Waals surface area contributed by atoms with Gasteiger partial charge in [0, 0.05) is 12.5 Å². The van der Waals surface area contributed by atoms with Gasteiger partial charge in [0.15, 0.2) is 5.60 Å². The lowest BCUT2D eigenvalue weighted by molar-refractivity contribution is -0.169. The molecule has 0 bridgehead atoms. The predicted molar refractivity (Wildman–Crippen MR) is 80.0 cm³/mol. The van der Waals surface area contributed by atoms with Crippen LogP contribution < -0.4 is 10.1 Å². The van der Waals surface area contributed by atoms with Crippen molar-refractivity contribution in [2.45, 2.75) is 37.7 Å². The normalized spacial score (nSPS) is 25.7. The molecule has 2 fully saturated rings. The molecule has 0 amide bonds. The monoisotopic (exact) mass is 289 g/mol. The van der Waals surface area contributed by atoms with Crippen molar-refractivity contribution >= 4 is 5.97 Å². The van der Waals surface area contributed by atoms with Gasteiger partial charge < -0.3 is 15.2 Å². The van der Waals surface area contributed by atoms with Gasteiger partial charge in [-0.1, -0.05) is 31.0 Å². The third-order valence-electron chi connectivity index (χ3n) is 4.94. The SMILES string of the molecule is O=C(Oc1ccccc1)C(O)(C1CCCC1)[C@H]1CCNC1. The molecule has 1 aromatic rings. The summed E-state index contributed by atoms with van der Waals surface area (Å²) < 4.78 is 5.49. The number of hydrogen-bond acceptors (Lipinski definition) is 4. The van der Waals surface area contributed by atoms with Crippen LogP contribution >= 0.6 is 0 Å². The predicted octanol–water partition coefficient (Wildman–Crippen LogP) is 2.12. The summed E-state index contributed by atoms with van der Waals surface area (Å²) in [6.07, 6.45) is 4.84. The van der Waals surface area contributed by atoms with Crippen LogP contribution in [0.5, 0.6) is 5.75 Å². The molecule has 1 aromatic carbocycles. The van der Waals surface area contributed by atoms with Gasteiger partial charge in [-0.25, -0.2) is 4.79 Å². The van der Waals surface area contributed by atoms with E-state index >= 15 is 0 Å². The summed E-state index contributed by atoms with van der Waals surface area (Å²) in [5.41, 5.74) is -1.35. The second-order valence-corrected chi connectivity index (χ2v) is 6.20. The van der Waals surface area contributed by atoms with E-state index in [-0.39, 0.29) is 11.8 Å². The number of ether oxygens (including phenoxy) is 1. The van der Waals surface area contributed by atoms with Gasteiger partial charge >= 0.3 is 5.97 Å². The van der Waals surface area contributed by atoms with Crippen LogP contribution in [0.15, 0.2) is 30.3 Å². The molecule has 3 rings (SSSR count). The number of hydrogen-bond donors (Lipinski definition) is 2. The third-order valence-corrected chi connectivity index (χ3v) is 4.94. The Morgan fingerprint density at radius 2 is 1.86 bits per heavy atom. The zero-order chi connectivity index (χ0) is 14.7. The highest BCUT2D eigenvalue weighted by molar-refractivity contribution is 5.82. The molecule has 114 valence electrons. The number of carbonyl (C=O) groups excluding carboxylic acids is 1. The Bertz CT molecular complexity index is 460. The average Bonchev–Trinajstić information content (AvgIpc) is 3.21. The molecule has 1 aliphatic carbocycles. The largest absolute Gasteiger partial charge is 0.424 e. The Hall–Kier alpha value is -1.39. The molecule has 1 aliphatic heterocycles. The van der Waals surface area contributed by atoms with Crippen molar-refractivity contribution in [2.75, 3.05) is 13.1 Å². The number of carbonyl (C=O) groups is 1. The van der Waals surface area contributed by atoms with Crippen LogP contribution in [0.4, 0.5) is 0 Å². The van der Waals surface area contributed by atoms with Gasteiger partial charge in [0.05, 0.1) is 0 Å². The summed E-state index contributed by atoms with van der Waals surface area (Å²) in [5, 5.41) is 14.5. The van der Waals surface area contributed by atoms with Crippen molar-refractivity contribution in [1.82, 2.24) is 5.32 Å². The summed E-state index contributed by atoms with van der Waals surface area (Å²) in [6.45, 7) is 1.55. The standard InChI is InChI=1S/C17H23NO3/c19-16(21-15-8-2-1-3-9-15)17(20,13-6-4-5-7-13)14-10-11-18-12-14/h1-3,8-9,13-14,18,20H,4-7,10-12H2/t14-,17?/m0/s1. The molecular weight excluding hydrogens is 266 g/mol. The summed E-state index contributed by atoms with van der Waals surface area (Å²) in [5.74, 6) is 0.00889. The molecule has 0 aromatic heterocycles. The Morgan fingerprint density at radius 1 is 1.14 bits per heavy atom. The van der Waals surface area contributed by atoms with Gasteiger partial charge in [0.2, 0.25) is 0 Å². The minimum atomic E-state index is -1.35. The quantitative estimate of drug-likeness (QED) is 0.658. The van der Waals surface area contributed by atoms with Gasteiger partial charge in [-0.2, -0.15) is 0 Å². The maximum absolute atomic E-state index is 12.7. The van der Waals surface area contributed by atoms with Crippen LogP contribution in [0.25, 0.3) is 0 Å². The Kier molecular flexibility index (Phi) is 4.27. The molecule has 1 saturated carbocycles. The molecule has 0 spiro atoms. The van der Waals surface area contributed by atoms with E-state index in [2.05, 4.69) is 5.32 Å². The first-order valence-electron chi connectivity index (χ1n) is 7.91. The maximum Gasteiger partial charge on any atom is 0.344 e. The molecule has 1 unspecified atom stereocenters. The summed E-state index contributed by atoms with van der Waals surface area (Å²) in [4.78, 5) is 12.7. The number of rotatable bonds is 4. The Balaban J connectivity index is 1.82. The molecule has 4 heteroatoms. The first kappa shape index (κ1) is 14.5. The maximum atomic E-state index is 12.7. The topological polar surface area (TPSA) is 58.6 Å². The van der Waals surface area contributed by atoms with E-state index in [4.69, 9.17) is 4.74 Å².